The first-order chi connectivity index (χ1) is 12.3. The van der Waals surface area contributed by atoms with Gasteiger partial charge < -0.3 is 15.2 Å². The molecule has 0 saturated carbocycles. The molecule has 1 atom stereocenters. The molecule has 1 aliphatic rings. The van der Waals surface area contributed by atoms with Crippen LogP contribution in [0, 0.1) is 11.2 Å². The van der Waals surface area contributed by atoms with Gasteiger partial charge in [-0.25, -0.2) is 9.18 Å². The first-order valence-corrected chi connectivity index (χ1v) is 8.83. The molecular formula is C21H24FNO3. The topological polar surface area (TPSA) is 61.6 Å². The van der Waals surface area contributed by atoms with E-state index in [2.05, 4.69) is 0 Å². The lowest BCUT2D eigenvalue weighted by atomic mass is 9.87. The first kappa shape index (κ1) is 18.2. The zero-order chi connectivity index (χ0) is 18.9. The van der Waals surface area contributed by atoms with E-state index < -0.39 is 12.2 Å². The quantitative estimate of drug-likeness (QED) is 0.819. The Morgan fingerprint density at radius 2 is 2.08 bits per heavy atom. The minimum Gasteiger partial charge on any atom is -0.494 e. The van der Waals surface area contributed by atoms with E-state index in [9.17, 15) is 9.18 Å². The Kier molecular flexibility index (Phi) is 4.90. The van der Waals surface area contributed by atoms with Gasteiger partial charge in [-0.2, -0.15) is 0 Å². The second-order valence-corrected chi connectivity index (χ2v) is 7.39. The molecule has 2 aromatic carbocycles. The number of nitrogens with two attached hydrogens (primary N) is 1. The third kappa shape index (κ3) is 3.52. The van der Waals surface area contributed by atoms with Crippen LogP contribution in [0.4, 0.5) is 9.18 Å². The predicted octanol–water partition coefficient (Wildman–Crippen LogP) is 5.00. The summed E-state index contributed by atoms with van der Waals surface area (Å²) in [6, 6.07) is 10.7. The zero-order valence-electron chi connectivity index (χ0n) is 15.3. The Labute approximate surface area is 153 Å². The lowest BCUT2D eigenvalue weighted by molar-refractivity contribution is 0.0391. The molecule has 1 aliphatic carbocycles. The number of rotatable bonds is 5. The van der Waals surface area contributed by atoms with Gasteiger partial charge in [-0.15, -0.1) is 0 Å². The molecule has 138 valence electrons. The van der Waals surface area contributed by atoms with Gasteiger partial charge in [0.2, 0.25) is 0 Å². The molecule has 0 bridgehead atoms. The summed E-state index contributed by atoms with van der Waals surface area (Å²) in [5.41, 5.74) is 7.79. The zero-order valence-corrected chi connectivity index (χ0v) is 15.3. The molecule has 0 spiro atoms. The highest BCUT2D eigenvalue weighted by Crippen LogP contribution is 2.49. The fraction of sp³-hybridized carbons (Fsp3) is 0.381. The Morgan fingerprint density at radius 3 is 2.77 bits per heavy atom. The summed E-state index contributed by atoms with van der Waals surface area (Å²) in [5, 5.41) is 0. The largest absolute Gasteiger partial charge is 0.494 e. The maximum Gasteiger partial charge on any atom is 0.405 e. The Bertz CT molecular complexity index is 832. The van der Waals surface area contributed by atoms with E-state index in [1.54, 1.807) is 0 Å². The normalized spacial score (nSPS) is 17.6. The molecule has 1 amide bonds. The number of ether oxygens (including phenoxy) is 2. The van der Waals surface area contributed by atoms with Crippen LogP contribution in [0.15, 0.2) is 36.4 Å². The van der Waals surface area contributed by atoms with Crippen LogP contribution in [0.3, 0.4) is 0 Å². The van der Waals surface area contributed by atoms with Crippen molar-refractivity contribution < 1.29 is 18.7 Å². The molecular weight excluding hydrogens is 333 g/mol. The van der Waals surface area contributed by atoms with E-state index in [0.29, 0.717) is 24.2 Å². The summed E-state index contributed by atoms with van der Waals surface area (Å²) in [6.45, 7) is 6.63. The molecule has 5 heteroatoms. The molecule has 0 saturated heterocycles. The fourth-order valence-corrected chi connectivity index (χ4v) is 3.57. The van der Waals surface area contributed by atoms with Gasteiger partial charge in [0.05, 0.1) is 6.61 Å². The van der Waals surface area contributed by atoms with E-state index in [1.165, 1.54) is 6.07 Å². The summed E-state index contributed by atoms with van der Waals surface area (Å²) in [7, 11) is 0. The van der Waals surface area contributed by atoms with Crippen LogP contribution in [0.5, 0.6) is 5.75 Å². The second kappa shape index (κ2) is 6.98. The minimum atomic E-state index is -0.846. The molecule has 3 rings (SSSR count). The molecule has 2 N–H and O–H groups in total. The van der Waals surface area contributed by atoms with Crippen molar-refractivity contribution in [2.24, 2.45) is 11.1 Å². The van der Waals surface area contributed by atoms with Crippen molar-refractivity contribution in [2.75, 3.05) is 6.61 Å². The smallest absolute Gasteiger partial charge is 0.405 e. The van der Waals surface area contributed by atoms with Gasteiger partial charge in [0, 0.05) is 11.0 Å². The maximum atomic E-state index is 14.9. The molecule has 26 heavy (non-hydrogen) atoms. The van der Waals surface area contributed by atoms with Crippen LogP contribution in [0.25, 0.3) is 11.1 Å². The number of halogens is 1. The lowest BCUT2D eigenvalue weighted by Gasteiger charge is -2.26. The molecule has 0 aliphatic heterocycles. The number of benzene rings is 2. The van der Waals surface area contributed by atoms with Crippen molar-refractivity contribution in [1.29, 1.82) is 0 Å². The van der Waals surface area contributed by atoms with Crippen molar-refractivity contribution in [3.8, 4) is 16.9 Å². The van der Waals surface area contributed by atoms with Crippen molar-refractivity contribution in [1.82, 2.24) is 0 Å². The average molecular weight is 357 g/mol. The molecule has 0 radical (unpaired) electrons. The number of primary amides is 1. The van der Waals surface area contributed by atoms with Crippen LogP contribution in [0.2, 0.25) is 0 Å². The number of hydrogen-bond donors (Lipinski definition) is 1. The predicted molar refractivity (Wildman–Crippen MR) is 98.5 cm³/mol. The van der Waals surface area contributed by atoms with Crippen molar-refractivity contribution in [3.63, 3.8) is 0 Å². The van der Waals surface area contributed by atoms with Crippen molar-refractivity contribution >= 4 is 6.09 Å². The standard InChI is InChI=1S/C21H24FNO3/c1-4-8-25-15-7-5-6-13(9-15)16-10-14-12-21(2,3)19(26-20(23)24)17(14)11-18(16)22/h5-7,9-11,19H,4,8,12H2,1-3H3,(H2,23,24). The van der Waals surface area contributed by atoms with E-state index in [4.69, 9.17) is 15.2 Å². The summed E-state index contributed by atoms with van der Waals surface area (Å²) in [4.78, 5) is 11.2. The summed E-state index contributed by atoms with van der Waals surface area (Å²) >= 11 is 0. The number of carbonyl (C=O) groups excluding carboxylic acids is 1. The van der Waals surface area contributed by atoms with Crippen LogP contribution < -0.4 is 10.5 Å². The van der Waals surface area contributed by atoms with Gasteiger partial charge in [0.25, 0.3) is 0 Å². The molecule has 2 aromatic rings. The van der Waals surface area contributed by atoms with Crippen LogP contribution in [-0.2, 0) is 11.2 Å². The molecule has 1 unspecified atom stereocenters. The minimum absolute atomic E-state index is 0.339. The molecule has 4 nitrogen and oxygen atoms in total. The van der Waals surface area contributed by atoms with Gasteiger partial charge in [-0.05, 0) is 53.8 Å². The van der Waals surface area contributed by atoms with Crippen molar-refractivity contribution in [3.05, 3.63) is 53.3 Å². The lowest BCUT2D eigenvalue weighted by Crippen LogP contribution is -2.25. The fourth-order valence-electron chi connectivity index (χ4n) is 3.57. The van der Waals surface area contributed by atoms with E-state index >= 15 is 0 Å². The van der Waals surface area contributed by atoms with Gasteiger partial charge in [0.1, 0.15) is 17.7 Å². The molecule has 0 fully saturated rings. The van der Waals surface area contributed by atoms with Crippen LogP contribution in [-0.4, -0.2) is 12.7 Å². The Hall–Kier alpha value is -2.56. The van der Waals surface area contributed by atoms with Crippen LogP contribution >= 0.6 is 0 Å². The third-order valence-corrected chi connectivity index (χ3v) is 4.72. The van der Waals surface area contributed by atoms with E-state index in [1.807, 2.05) is 51.1 Å². The van der Waals surface area contributed by atoms with Gasteiger partial charge in [-0.1, -0.05) is 32.9 Å². The number of carbonyl (C=O) groups is 1. The molecule has 0 heterocycles. The van der Waals surface area contributed by atoms with Gasteiger partial charge >= 0.3 is 6.09 Å². The van der Waals surface area contributed by atoms with E-state index in [0.717, 1.165) is 23.3 Å². The Balaban J connectivity index is 1.99. The summed E-state index contributed by atoms with van der Waals surface area (Å²) < 4.78 is 25.8. The number of hydrogen-bond acceptors (Lipinski definition) is 3. The third-order valence-electron chi connectivity index (χ3n) is 4.72. The van der Waals surface area contributed by atoms with Crippen molar-refractivity contribution in [2.45, 2.75) is 39.7 Å². The first-order valence-electron chi connectivity index (χ1n) is 8.83. The average Bonchev–Trinajstić information content (AvgIpc) is 2.82. The maximum absolute atomic E-state index is 14.9. The highest BCUT2D eigenvalue weighted by atomic mass is 19.1. The second-order valence-electron chi connectivity index (χ2n) is 7.39. The Morgan fingerprint density at radius 1 is 1.31 bits per heavy atom. The number of amides is 1. The van der Waals surface area contributed by atoms with E-state index in [-0.39, 0.29) is 11.2 Å². The molecule has 0 aromatic heterocycles. The monoisotopic (exact) mass is 357 g/mol. The highest BCUT2D eigenvalue weighted by Gasteiger charge is 2.42. The highest BCUT2D eigenvalue weighted by molar-refractivity contribution is 5.69. The van der Waals surface area contributed by atoms with Gasteiger partial charge in [-0.3, -0.25) is 0 Å². The number of fused-ring (bicyclic) bond motifs is 1. The summed E-state index contributed by atoms with van der Waals surface area (Å²) in [6.07, 6.45) is 0.201. The summed E-state index contributed by atoms with van der Waals surface area (Å²) in [5.74, 6) is 0.367. The van der Waals surface area contributed by atoms with Crippen LogP contribution in [0.1, 0.15) is 44.4 Å². The van der Waals surface area contributed by atoms with Gasteiger partial charge in [0.15, 0.2) is 0 Å². The SMILES string of the molecule is CCCOc1cccc(-c2cc3c(cc2F)C(OC(N)=O)C(C)(C)C3)c1.